The van der Waals surface area contributed by atoms with E-state index in [4.69, 9.17) is 14.9 Å². The minimum Gasteiger partial charge on any atom is -0.477 e. The minimum atomic E-state index is -1.70. The van der Waals surface area contributed by atoms with E-state index in [9.17, 15) is 19.2 Å². The summed E-state index contributed by atoms with van der Waals surface area (Å²) in [7, 11) is 0. The van der Waals surface area contributed by atoms with Gasteiger partial charge in [0.05, 0.1) is 23.4 Å². The van der Waals surface area contributed by atoms with Gasteiger partial charge in [-0.25, -0.2) is 9.59 Å². The molecule has 1 aliphatic heterocycles. The predicted molar refractivity (Wildman–Crippen MR) is 71.6 cm³/mol. The van der Waals surface area contributed by atoms with Crippen molar-refractivity contribution >= 4 is 23.8 Å². The number of carboxylic acid groups (broad SMARTS) is 2. The monoisotopic (exact) mass is 303 g/mol. The van der Waals surface area contributed by atoms with Crippen molar-refractivity contribution in [3.05, 3.63) is 50.8 Å². The highest BCUT2D eigenvalue weighted by Crippen LogP contribution is 2.32. The van der Waals surface area contributed by atoms with E-state index in [2.05, 4.69) is 4.98 Å². The summed E-state index contributed by atoms with van der Waals surface area (Å²) in [4.78, 5) is 49.4. The first-order valence-corrected chi connectivity index (χ1v) is 6.26. The van der Waals surface area contributed by atoms with Gasteiger partial charge in [0, 0.05) is 6.08 Å². The van der Waals surface area contributed by atoms with Gasteiger partial charge in [0.25, 0.3) is 0 Å². The number of ketones is 1. The summed E-state index contributed by atoms with van der Waals surface area (Å²) in [6.45, 7) is 0. The van der Waals surface area contributed by atoms with Gasteiger partial charge in [-0.3, -0.25) is 9.59 Å². The van der Waals surface area contributed by atoms with Gasteiger partial charge in [-0.1, -0.05) is 0 Å². The van der Waals surface area contributed by atoms with Crippen LogP contribution in [0.25, 0.3) is 6.08 Å². The highest BCUT2D eigenvalue weighted by Gasteiger charge is 2.37. The van der Waals surface area contributed by atoms with Crippen LogP contribution < -0.4 is 5.43 Å². The lowest BCUT2D eigenvalue weighted by Gasteiger charge is -2.25. The van der Waals surface area contributed by atoms with E-state index in [0.29, 0.717) is 6.42 Å². The summed E-state index contributed by atoms with van der Waals surface area (Å²) in [5.74, 6) is -4.30. The molecule has 0 fully saturated rings. The predicted octanol–water partition coefficient (Wildman–Crippen LogP) is 0.859. The quantitative estimate of drug-likeness (QED) is 0.737. The Morgan fingerprint density at radius 2 is 1.95 bits per heavy atom. The Labute approximate surface area is 122 Å². The van der Waals surface area contributed by atoms with Crippen LogP contribution in [0.5, 0.6) is 0 Å². The molecule has 1 aliphatic carbocycles. The maximum absolute atomic E-state index is 12.4. The standard InChI is InChI=1S/C14H9NO7/c16-11-5-2-1-3-22-7(5)4-6-8(11)12(17)9(13(18)19)10(15-6)14(20)21/h1,3-5H,2H2,(H,15,17)(H,18,19)(H,20,21). The summed E-state index contributed by atoms with van der Waals surface area (Å²) in [5, 5.41) is 18.1. The normalized spacial score (nSPS) is 18.8. The average molecular weight is 303 g/mol. The number of hydrogen-bond donors (Lipinski definition) is 3. The number of hydrogen-bond acceptors (Lipinski definition) is 5. The fraction of sp³-hybridized carbons (Fsp3) is 0.143. The molecule has 1 aromatic rings. The van der Waals surface area contributed by atoms with Gasteiger partial charge < -0.3 is 19.9 Å². The number of H-pyrrole nitrogens is 1. The Bertz CT molecular complexity index is 843. The Kier molecular flexibility index (Phi) is 2.94. The Balaban J connectivity index is 2.34. The zero-order valence-electron chi connectivity index (χ0n) is 11.0. The van der Waals surface area contributed by atoms with Crippen molar-refractivity contribution in [2.75, 3.05) is 0 Å². The maximum Gasteiger partial charge on any atom is 0.353 e. The second-order valence-electron chi connectivity index (χ2n) is 4.79. The molecule has 8 nitrogen and oxygen atoms in total. The van der Waals surface area contributed by atoms with Gasteiger partial charge in [-0.2, -0.15) is 0 Å². The molecule has 112 valence electrons. The number of aromatic amines is 1. The second kappa shape index (κ2) is 4.69. The van der Waals surface area contributed by atoms with Gasteiger partial charge >= 0.3 is 11.9 Å². The van der Waals surface area contributed by atoms with Crippen LogP contribution in [0.15, 0.2) is 22.9 Å². The van der Waals surface area contributed by atoms with Gasteiger partial charge in [0.2, 0.25) is 5.43 Å². The number of carboxylic acids is 2. The second-order valence-corrected chi connectivity index (χ2v) is 4.79. The molecule has 8 heteroatoms. The highest BCUT2D eigenvalue weighted by atomic mass is 16.5. The molecule has 2 aliphatic rings. The Morgan fingerprint density at radius 3 is 2.59 bits per heavy atom. The van der Waals surface area contributed by atoms with Crippen LogP contribution in [0.3, 0.4) is 0 Å². The number of aromatic nitrogens is 1. The third kappa shape index (κ3) is 1.85. The number of pyridine rings is 1. The van der Waals surface area contributed by atoms with Gasteiger partial charge in [-0.05, 0) is 12.5 Å². The lowest BCUT2D eigenvalue weighted by atomic mass is 9.85. The zero-order valence-corrected chi connectivity index (χ0v) is 11.0. The Morgan fingerprint density at radius 1 is 1.23 bits per heavy atom. The van der Waals surface area contributed by atoms with E-state index in [0.717, 1.165) is 0 Å². The third-order valence-electron chi connectivity index (χ3n) is 3.53. The SMILES string of the molecule is O=C(O)c1[nH]c2c(c(=O)c1C(=O)O)C(=O)C1CC=COC1=C2. The van der Waals surface area contributed by atoms with E-state index < -0.39 is 40.3 Å². The van der Waals surface area contributed by atoms with Crippen molar-refractivity contribution < 1.29 is 29.3 Å². The highest BCUT2D eigenvalue weighted by molar-refractivity contribution is 6.08. The summed E-state index contributed by atoms with van der Waals surface area (Å²) in [6.07, 6.45) is 4.68. The van der Waals surface area contributed by atoms with Crippen LogP contribution in [-0.2, 0) is 4.74 Å². The lowest BCUT2D eigenvalue weighted by Crippen LogP contribution is -2.34. The van der Waals surface area contributed by atoms with E-state index in [-0.39, 0.29) is 17.0 Å². The number of allylic oxidation sites excluding steroid dienone is 2. The smallest absolute Gasteiger partial charge is 0.353 e. The fourth-order valence-electron chi connectivity index (χ4n) is 2.54. The molecule has 22 heavy (non-hydrogen) atoms. The molecule has 0 aromatic carbocycles. The molecule has 0 spiro atoms. The molecule has 0 radical (unpaired) electrons. The van der Waals surface area contributed by atoms with Crippen LogP contribution in [0.4, 0.5) is 0 Å². The number of carbonyl (C=O) groups excluding carboxylic acids is 1. The van der Waals surface area contributed by atoms with Crippen molar-refractivity contribution in [1.29, 1.82) is 0 Å². The van der Waals surface area contributed by atoms with E-state index in [1.807, 2.05) is 0 Å². The molecule has 0 bridgehead atoms. The van der Waals surface area contributed by atoms with Crippen molar-refractivity contribution in [2.24, 2.45) is 5.92 Å². The van der Waals surface area contributed by atoms with Gasteiger partial charge in [-0.15, -0.1) is 0 Å². The van der Waals surface area contributed by atoms with Gasteiger partial charge in [0.15, 0.2) is 5.78 Å². The number of rotatable bonds is 2. The van der Waals surface area contributed by atoms with Crippen LogP contribution in [0.2, 0.25) is 0 Å². The largest absolute Gasteiger partial charge is 0.477 e. The zero-order chi connectivity index (χ0) is 16.0. The van der Waals surface area contributed by atoms with Crippen LogP contribution >= 0.6 is 0 Å². The number of carbonyl (C=O) groups is 3. The number of aromatic carboxylic acids is 2. The molecule has 0 saturated heterocycles. The van der Waals surface area contributed by atoms with Crippen LogP contribution in [0.1, 0.15) is 43.3 Å². The minimum absolute atomic E-state index is 0.0565. The third-order valence-corrected chi connectivity index (χ3v) is 3.53. The first kappa shape index (κ1) is 13.8. The summed E-state index contributed by atoms with van der Waals surface area (Å²) in [6, 6.07) is 0. The number of Topliss-reactive ketones (excluding diaryl/α,β-unsaturated/α-hetero) is 1. The summed E-state index contributed by atoms with van der Waals surface area (Å²) < 4.78 is 5.20. The molecular formula is C14H9NO7. The molecule has 1 unspecified atom stereocenters. The molecule has 3 rings (SSSR count). The maximum atomic E-state index is 12.4. The van der Waals surface area contributed by atoms with E-state index in [1.54, 1.807) is 6.08 Å². The van der Waals surface area contributed by atoms with Crippen molar-refractivity contribution in [2.45, 2.75) is 6.42 Å². The fourth-order valence-corrected chi connectivity index (χ4v) is 2.54. The van der Waals surface area contributed by atoms with Crippen molar-refractivity contribution in [1.82, 2.24) is 4.98 Å². The van der Waals surface area contributed by atoms with Crippen molar-refractivity contribution in [3.63, 3.8) is 0 Å². The first-order chi connectivity index (χ1) is 10.4. The van der Waals surface area contributed by atoms with Crippen LogP contribution in [0, 0.1) is 5.92 Å². The van der Waals surface area contributed by atoms with E-state index in [1.165, 1.54) is 12.3 Å². The molecule has 0 amide bonds. The van der Waals surface area contributed by atoms with Crippen molar-refractivity contribution in [3.8, 4) is 0 Å². The lowest BCUT2D eigenvalue weighted by molar-refractivity contribution is 0.0644. The first-order valence-electron chi connectivity index (χ1n) is 6.26. The molecule has 0 saturated carbocycles. The molecule has 1 aromatic heterocycles. The molecule has 1 atom stereocenters. The Hall–Kier alpha value is -3.16. The van der Waals surface area contributed by atoms with E-state index >= 15 is 0 Å². The average Bonchev–Trinajstić information content (AvgIpc) is 2.46. The number of nitrogens with one attached hydrogen (secondary N) is 1. The number of ether oxygens (including phenoxy) is 1. The molecule has 2 heterocycles. The number of fused-ring (bicyclic) bond motifs is 2. The summed E-state index contributed by atoms with van der Waals surface area (Å²) in [5.41, 5.74) is -3.24. The topological polar surface area (TPSA) is 134 Å². The van der Waals surface area contributed by atoms with Crippen LogP contribution in [-0.4, -0.2) is 32.9 Å². The van der Waals surface area contributed by atoms with Gasteiger partial charge in [0.1, 0.15) is 17.0 Å². The summed E-state index contributed by atoms with van der Waals surface area (Å²) >= 11 is 0. The molecule has 3 N–H and O–H groups in total. The molecular weight excluding hydrogens is 294 g/mol.